The summed E-state index contributed by atoms with van der Waals surface area (Å²) in [5, 5.41) is 0.617. The summed E-state index contributed by atoms with van der Waals surface area (Å²) < 4.78 is 14.9. The zero-order valence-electron chi connectivity index (χ0n) is 9.95. The van der Waals surface area contributed by atoms with Gasteiger partial charge >= 0.3 is 8.80 Å². The highest BCUT2D eigenvalue weighted by molar-refractivity contribution is 9.09. The highest BCUT2D eigenvalue weighted by atomic mass is 79.9. The first-order valence-electron chi connectivity index (χ1n) is 4.96. The van der Waals surface area contributed by atoms with E-state index in [0.29, 0.717) is 11.8 Å². The number of carbonyl (C=O) groups excluding carboxylic acids is 3. The van der Waals surface area contributed by atoms with Crippen LogP contribution in [0.1, 0.15) is 27.2 Å². The standard InChI is InChI=1S/C9H15BrO6Si/c1-7(11)14-17(6-4-5-10,15-8(2)12)16-9(3)13/h4-6H2,1-3H3. The molecule has 0 aromatic rings. The van der Waals surface area contributed by atoms with Gasteiger partial charge < -0.3 is 13.3 Å². The predicted octanol–water partition coefficient (Wildman–Crippen LogP) is 1.40. The van der Waals surface area contributed by atoms with E-state index in [9.17, 15) is 14.4 Å². The van der Waals surface area contributed by atoms with E-state index in [2.05, 4.69) is 15.9 Å². The van der Waals surface area contributed by atoms with Crippen molar-refractivity contribution in [3.63, 3.8) is 0 Å². The lowest BCUT2D eigenvalue weighted by Gasteiger charge is -2.25. The summed E-state index contributed by atoms with van der Waals surface area (Å²) in [6, 6.07) is 0.205. The lowest BCUT2D eigenvalue weighted by Crippen LogP contribution is -2.49. The third-order valence-electron chi connectivity index (χ3n) is 1.51. The maximum atomic E-state index is 11.0. The van der Waals surface area contributed by atoms with Crippen LogP contribution in [-0.2, 0) is 27.7 Å². The molecule has 0 atom stereocenters. The molecule has 98 valence electrons. The van der Waals surface area contributed by atoms with Gasteiger partial charge in [0.1, 0.15) is 0 Å². The summed E-state index contributed by atoms with van der Waals surface area (Å²) in [6.07, 6.45) is 0.556. The van der Waals surface area contributed by atoms with E-state index < -0.39 is 26.7 Å². The second-order valence-corrected chi connectivity index (χ2v) is 6.53. The van der Waals surface area contributed by atoms with E-state index in [-0.39, 0.29) is 6.04 Å². The lowest BCUT2D eigenvalue weighted by molar-refractivity contribution is -0.147. The van der Waals surface area contributed by atoms with Gasteiger partial charge in [-0.2, -0.15) is 0 Å². The van der Waals surface area contributed by atoms with Gasteiger partial charge in [-0.1, -0.05) is 15.9 Å². The maximum absolute atomic E-state index is 11.0. The van der Waals surface area contributed by atoms with E-state index in [1.165, 1.54) is 20.8 Å². The third kappa shape index (κ3) is 7.11. The summed E-state index contributed by atoms with van der Waals surface area (Å²) >= 11 is 3.20. The normalized spacial score (nSPS) is 10.6. The fourth-order valence-electron chi connectivity index (χ4n) is 1.16. The van der Waals surface area contributed by atoms with Crippen LogP contribution >= 0.6 is 15.9 Å². The largest absolute Gasteiger partial charge is 0.705 e. The van der Waals surface area contributed by atoms with Crippen molar-refractivity contribution in [2.45, 2.75) is 33.2 Å². The Morgan fingerprint density at radius 1 is 0.941 bits per heavy atom. The molecule has 0 aromatic heterocycles. The first-order chi connectivity index (χ1) is 7.81. The number of halogens is 1. The summed E-state index contributed by atoms with van der Waals surface area (Å²) in [5.74, 6) is -1.93. The maximum Gasteiger partial charge on any atom is 0.705 e. The highest BCUT2D eigenvalue weighted by Gasteiger charge is 2.51. The SMILES string of the molecule is CC(=O)O[Si](CCCBr)(OC(C)=O)OC(C)=O. The molecule has 0 saturated carbocycles. The minimum Gasteiger partial charge on any atom is -0.455 e. The second kappa shape index (κ2) is 7.44. The lowest BCUT2D eigenvalue weighted by atomic mass is 10.6. The van der Waals surface area contributed by atoms with Gasteiger partial charge in [-0.15, -0.1) is 0 Å². The Kier molecular flexibility index (Phi) is 7.05. The van der Waals surface area contributed by atoms with Gasteiger partial charge in [-0.05, 0) is 6.42 Å². The number of carbonyl (C=O) groups is 3. The van der Waals surface area contributed by atoms with Crippen molar-refractivity contribution in [2.24, 2.45) is 0 Å². The molecule has 0 aliphatic rings. The Hall–Kier alpha value is -0.893. The molecule has 0 amide bonds. The smallest absolute Gasteiger partial charge is 0.455 e. The quantitative estimate of drug-likeness (QED) is 0.542. The molecule has 0 aromatic carbocycles. The van der Waals surface area contributed by atoms with Gasteiger partial charge in [0.05, 0.1) is 6.04 Å². The molecule has 0 aliphatic heterocycles. The van der Waals surface area contributed by atoms with Gasteiger partial charge in [-0.3, -0.25) is 14.4 Å². The van der Waals surface area contributed by atoms with Crippen LogP contribution in [0, 0.1) is 0 Å². The van der Waals surface area contributed by atoms with Crippen LogP contribution in [0.15, 0.2) is 0 Å². The average molecular weight is 327 g/mol. The highest BCUT2D eigenvalue weighted by Crippen LogP contribution is 2.19. The monoisotopic (exact) mass is 326 g/mol. The molecule has 0 spiro atoms. The van der Waals surface area contributed by atoms with E-state index >= 15 is 0 Å². The van der Waals surface area contributed by atoms with Gasteiger partial charge in [0.15, 0.2) is 0 Å². The molecule has 17 heavy (non-hydrogen) atoms. The van der Waals surface area contributed by atoms with E-state index in [0.717, 1.165) is 0 Å². The Balaban J connectivity index is 4.95. The molecular formula is C9H15BrO6Si. The Morgan fingerprint density at radius 2 is 1.29 bits per heavy atom. The summed E-state index contributed by atoms with van der Waals surface area (Å²) in [5.41, 5.74) is 0. The van der Waals surface area contributed by atoms with Crippen molar-refractivity contribution in [1.82, 2.24) is 0 Å². The molecule has 0 heterocycles. The van der Waals surface area contributed by atoms with E-state index in [1.54, 1.807) is 0 Å². The average Bonchev–Trinajstić information content (AvgIpc) is 2.11. The third-order valence-corrected chi connectivity index (χ3v) is 4.84. The number of hydrogen-bond acceptors (Lipinski definition) is 6. The molecule has 0 N–H and O–H groups in total. The minimum atomic E-state index is -3.58. The number of hydrogen-bond donors (Lipinski definition) is 0. The topological polar surface area (TPSA) is 78.9 Å². The zero-order valence-corrected chi connectivity index (χ0v) is 12.5. The first-order valence-corrected chi connectivity index (χ1v) is 8.01. The van der Waals surface area contributed by atoms with Crippen LogP contribution in [0.5, 0.6) is 0 Å². The van der Waals surface area contributed by atoms with E-state index in [4.69, 9.17) is 13.3 Å². The van der Waals surface area contributed by atoms with Crippen LogP contribution in [0.25, 0.3) is 0 Å². The van der Waals surface area contributed by atoms with Crippen LogP contribution in [-0.4, -0.2) is 32.0 Å². The fraction of sp³-hybridized carbons (Fsp3) is 0.667. The van der Waals surface area contributed by atoms with Crippen molar-refractivity contribution >= 4 is 42.6 Å². The van der Waals surface area contributed by atoms with Gasteiger partial charge in [0.2, 0.25) is 0 Å². The number of rotatable bonds is 6. The molecule has 0 rings (SSSR count). The van der Waals surface area contributed by atoms with Crippen molar-refractivity contribution in [1.29, 1.82) is 0 Å². The molecule has 0 bridgehead atoms. The Bertz CT molecular complexity index is 265. The van der Waals surface area contributed by atoms with Gasteiger partial charge in [0, 0.05) is 26.1 Å². The van der Waals surface area contributed by atoms with Gasteiger partial charge in [0.25, 0.3) is 17.9 Å². The second-order valence-electron chi connectivity index (χ2n) is 3.26. The molecule has 0 radical (unpaired) electrons. The van der Waals surface area contributed by atoms with Crippen LogP contribution < -0.4 is 0 Å². The summed E-state index contributed by atoms with van der Waals surface area (Å²) in [4.78, 5) is 33.0. The molecule has 0 unspecified atom stereocenters. The molecule has 0 fully saturated rings. The van der Waals surface area contributed by atoms with Crippen LogP contribution in [0.2, 0.25) is 6.04 Å². The summed E-state index contributed by atoms with van der Waals surface area (Å²) in [7, 11) is -3.58. The van der Waals surface area contributed by atoms with Crippen molar-refractivity contribution in [2.75, 3.05) is 5.33 Å². The summed E-state index contributed by atoms with van der Waals surface area (Å²) in [6.45, 7) is 3.51. The Labute approximate surface area is 109 Å². The van der Waals surface area contributed by atoms with Crippen molar-refractivity contribution in [3.8, 4) is 0 Å². The fourth-order valence-corrected chi connectivity index (χ4v) is 4.31. The van der Waals surface area contributed by atoms with Gasteiger partial charge in [-0.25, -0.2) is 0 Å². The Morgan fingerprint density at radius 3 is 1.53 bits per heavy atom. The predicted molar refractivity (Wildman–Crippen MR) is 64.3 cm³/mol. The van der Waals surface area contributed by atoms with Crippen molar-refractivity contribution < 1.29 is 27.7 Å². The van der Waals surface area contributed by atoms with Crippen LogP contribution in [0.4, 0.5) is 0 Å². The zero-order chi connectivity index (χ0) is 13.5. The molecule has 0 saturated heterocycles. The van der Waals surface area contributed by atoms with Crippen molar-refractivity contribution in [3.05, 3.63) is 0 Å². The van der Waals surface area contributed by atoms with Crippen LogP contribution in [0.3, 0.4) is 0 Å². The minimum absolute atomic E-state index is 0.205. The molecule has 8 heteroatoms. The van der Waals surface area contributed by atoms with E-state index in [1.807, 2.05) is 0 Å². The first kappa shape index (κ1) is 16.1. The number of alkyl halides is 1. The molecule has 6 nitrogen and oxygen atoms in total. The molecular weight excluding hydrogens is 312 g/mol. The molecule has 0 aliphatic carbocycles.